The highest BCUT2D eigenvalue weighted by Gasteiger charge is 2.07. The van der Waals surface area contributed by atoms with Gasteiger partial charge in [0.1, 0.15) is 6.20 Å². The van der Waals surface area contributed by atoms with Crippen molar-refractivity contribution >= 4 is 11.8 Å². The molecule has 5 heteroatoms. The molecule has 1 heterocycles. The van der Waals surface area contributed by atoms with Gasteiger partial charge in [-0.05, 0) is 26.9 Å². The second-order valence-corrected chi connectivity index (χ2v) is 3.42. The van der Waals surface area contributed by atoms with Gasteiger partial charge in [-0.3, -0.25) is 15.1 Å². The second kappa shape index (κ2) is 5.97. The smallest absolute Gasteiger partial charge is 0.288 e. The summed E-state index contributed by atoms with van der Waals surface area (Å²) in [6, 6.07) is 1.54. The normalized spacial score (nSPS) is 10.9. The molecular weight excluding hydrogens is 206 g/mol. The molecular formula is C11H15N3O2. The molecule has 0 amide bonds. The topological polar surface area (TPSA) is 68.1 Å². The van der Waals surface area contributed by atoms with Crippen molar-refractivity contribution in [1.29, 1.82) is 0 Å². The van der Waals surface area contributed by atoms with Gasteiger partial charge in [-0.25, -0.2) is 0 Å². The van der Waals surface area contributed by atoms with Crippen molar-refractivity contribution in [3.8, 4) is 0 Å². The maximum absolute atomic E-state index is 10.6. The van der Waals surface area contributed by atoms with Gasteiger partial charge < -0.3 is 5.32 Å². The Balaban J connectivity index is 2.82. The number of aryl methyl sites for hydroxylation is 1. The molecule has 0 aliphatic rings. The van der Waals surface area contributed by atoms with Crippen molar-refractivity contribution in [3.05, 3.63) is 39.7 Å². The first-order valence-corrected chi connectivity index (χ1v) is 5.07. The van der Waals surface area contributed by atoms with Crippen molar-refractivity contribution in [2.24, 2.45) is 0 Å². The van der Waals surface area contributed by atoms with E-state index in [2.05, 4.69) is 10.3 Å². The van der Waals surface area contributed by atoms with Crippen LogP contribution < -0.4 is 5.32 Å². The van der Waals surface area contributed by atoms with Crippen molar-refractivity contribution < 1.29 is 4.92 Å². The zero-order chi connectivity index (χ0) is 12.0. The Bertz CT molecular complexity index is 402. The Labute approximate surface area is 94.4 Å². The standard InChI is InChI=1S/C11H15N3O2/c1-9-10(5-3-4-6-12-2)7-11(8-13-9)14(15)16/h3,5,7-8,12H,4,6H2,1-2H3. The fourth-order valence-corrected chi connectivity index (χ4v) is 1.25. The Hall–Kier alpha value is -1.75. The molecule has 0 aliphatic heterocycles. The molecule has 5 nitrogen and oxygen atoms in total. The monoisotopic (exact) mass is 221 g/mol. The molecule has 0 saturated heterocycles. The van der Waals surface area contributed by atoms with E-state index in [9.17, 15) is 10.1 Å². The molecule has 86 valence electrons. The fraction of sp³-hybridized carbons (Fsp3) is 0.364. The van der Waals surface area contributed by atoms with Crippen LogP contribution in [0.3, 0.4) is 0 Å². The second-order valence-electron chi connectivity index (χ2n) is 3.42. The molecule has 0 aromatic carbocycles. The summed E-state index contributed by atoms with van der Waals surface area (Å²) in [5.74, 6) is 0. The predicted octanol–water partition coefficient (Wildman–Crippen LogP) is 1.92. The molecule has 1 N–H and O–H groups in total. The molecule has 0 aliphatic carbocycles. The largest absolute Gasteiger partial charge is 0.319 e. The Morgan fingerprint density at radius 3 is 3.00 bits per heavy atom. The molecule has 0 radical (unpaired) electrons. The zero-order valence-corrected chi connectivity index (χ0v) is 9.43. The number of nitro groups is 1. The number of rotatable bonds is 5. The van der Waals surface area contributed by atoms with Crippen molar-refractivity contribution in [1.82, 2.24) is 10.3 Å². The van der Waals surface area contributed by atoms with Gasteiger partial charge in [0.2, 0.25) is 0 Å². The van der Waals surface area contributed by atoms with Crippen LogP contribution in [-0.2, 0) is 0 Å². The number of nitrogens with one attached hydrogen (secondary N) is 1. The summed E-state index contributed by atoms with van der Waals surface area (Å²) >= 11 is 0. The SMILES string of the molecule is CNCCC=Cc1cc([N+](=O)[O-])cnc1C. The molecule has 0 bridgehead atoms. The molecule has 0 unspecified atom stereocenters. The van der Waals surface area contributed by atoms with Gasteiger partial charge in [-0.1, -0.05) is 12.2 Å². The third kappa shape index (κ3) is 3.43. The summed E-state index contributed by atoms with van der Waals surface area (Å²) < 4.78 is 0. The average molecular weight is 221 g/mol. The van der Waals surface area contributed by atoms with Crippen molar-refractivity contribution in [3.63, 3.8) is 0 Å². The van der Waals surface area contributed by atoms with Gasteiger partial charge in [-0.2, -0.15) is 0 Å². The van der Waals surface area contributed by atoms with Crippen LogP contribution in [0, 0.1) is 17.0 Å². The Morgan fingerprint density at radius 1 is 1.62 bits per heavy atom. The summed E-state index contributed by atoms with van der Waals surface area (Å²) in [7, 11) is 1.88. The highest BCUT2D eigenvalue weighted by molar-refractivity contribution is 5.54. The number of pyridine rings is 1. The average Bonchev–Trinajstić information content (AvgIpc) is 2.26. The van der Waals surface area contributed by atoms with E-state index in [1.165, 1.54) is 12.3 Å². The number of aromatic nitrogens is 1. The molecule has 16 heavy (non-hydrogen) atoms. The summed E-state index contributed by atoms with van der Waals surface area (Å²) in [5, 5.41) is 13.6. The lowest BCUT2D eigenvalue weighted by molar-refractivity contribution is -0.385. The van der Waals surface area contributed by atoms with E-state index in [0.29, 0.717) is 0 Å². The van der Waals surface area contributed by atoms with Crippen LogP contribution >= 0.6 is 0 Å². The first kappa shape index (κ1) is 12.3. The Kier molecular flexibility index (Phi) is 4.60. The van der Waals surface area contributed by atoms with Crippen LogP contribution in [0.25, 0.3) is 6.08 Å². The van der Waals surface area contributed by atoms with Crippen LogP contribution in [-0.4, -0.2) is 23.5 Å². The van der Waals surface area contributed by atoms with E-state index in [1.807, 2.05) is 26.1 Å². The molecule has 0 fully saturated rings. The minimum atomic E-state index is -0.433. The minimum Gasteiger partial charge on any atom is -0.319 e. The third-order valence-corrected chi connectivity index (χ3v) is 2.18. The lowest BCUT2D eigenvalue weighted by Gasteiger charge is -1.99. The Morgan fingerprint density at radius 2 is 2.38 bits per heavy atom. The minimum absolute atomic E-state index is 0.0267. The first-order chi connectivity index (χ1) is 7.65. The molecule has 0 atom stereocenters. The van der Waals surface area contributed by atoms with Crippen LogP contribution in [0.2, 0.25) is 0 Å². The van der Waals surface area contributed by atoms with Crippen molar-refractivity contribution in [2.45, 2.75) is 13.3 Å². The van der Waals surface area contributed by atoms with Gasteiger partial charge in [0, 0.05) is 17.3 Å². The van der Waals surface area contributed by atoms with Gasteiger partial charge in [0.05, 0.1) is 4.92 Å². The van der Waals surface area contributed by atoms with Crippen LogP contribution in [0.15, 0.2) is 18.3 Å². The van der Waals surface area contributed by atoms with Gasteiger partial charge in [-0.15, -0.1) is 0 Å². The van der Waals surface area contributed by atoms with Gasteiger partial charge in [0.25, 0.3) is 5.69 Å². The summed E-state index contributed by atoms with van der Waals surface area (Å²) in [4.78, 5) is 14.1. The van der Waals surface area contributed by atoms with E-state index >= 15 is 0 Å². The van der Waals surface area contributed by atoms with E-state index < -0.39 is 4.92 Å². The lowest BCUT2D eigenvalue weighted by atomic mass is 10.1. The van der Waals surface area contributed by atoms with Crippen molar-refractivity contribution in [2.75, 3.05) is 13.6 Å². The summed E-state index contributed by atoms with van der Waals surface area (Å²) in [6.45, 7) is 2.72. The lowest BCUT2D eigenvalue weighted by Crippen LogP contribution is -2.05. The van der Waals surface area contributed by atoms with Crippen LogP contribution in [0.1, 0.15) is 17.7 Å². The maximum Gasteiger partial charge on any atom is 0.288 e. The fourth-order valence-electron chi connectivity index (χ4n) is 1.25. The van der Waals surface area contributed by atoms with Crippen LogP contribution in [0.5, 0.6) is 0 Å². The van der Waals surface area contributed by atoms with Gasteiger partial charge >= 0.3 is 0 Å². The van der Waals surface area contributed by atoms with E-state index in [-0.39, 0.29) is 5.69 Å². The zero-order valence-electron chi connectivity index (χ0n) is 9.43. The van der Waals surface area contributed by atoms with Crippen LogP contribution in [0.4, 0.5) is 5.69 Å². The molecule has 1 rings (SSSR count). The number of hydrogen-bond acceptors (Lipinski definition) is 4. The molecule has 0 spiro atoms. The number of nitrogens with zero attached hydrogens (tertiary/aromatic N) is 2. The highest BCUT2D eigenvalue weighted by Crippen LogP contribution is 2.15. The van der Waals surface area contributed by atoms with E-state index in [1.54, 1.807) is 0 Å². The first-order valence-electron chi connectivity index (χ1n) is 5.07. The molecule has 1 aromatic rings. The van der Waals surface area contributed by atoms with E-state index in [4.69, 9.17) is 0 Å². The van der Waals surface area contributed by atoms with E-state index in [0.717, 1.165) is 24.2 Å². The molecule has 1 aromatic heterocycles. The summed E-state index contributed by atoms with van der Waals surface area (Å²) in [6.07, 6.45) is 6.01. The summed E-state index contributed by atoms with van der Waals surface area (Å²) in [5.41, 5.74) is 1.62. The maximum atomic E-state index is 10.6. The third-order valence-electron chi connectivity index (χ3n) is 2.18. The number of hydrogen-bond donors (Lipinski definition) is 1. The molecule has 0 saturated carbocycles. The van der Waals surface area contributed by atoms with Gasteiger partial charge in [0.15, 0.2) is 0 Å². The predicted molar refractivity (Wildman–Crippen MR) is 63.2 cm³/mol. The quantitative estimate of drug-likeness (QED) is 0.468. The highest BCUT2D eigenvalue weighted by atomic mass is 16.6.